The van der Waals surface area contributed by atoms with Gasteiger partial charge in [0.15, 0.2) is 6.29 Å². The predicted octanol–water partition coefficient (Wildman–Crippen LogP) is 5.12. The molecule has 0 bridgehead atoms. The summed E-state index contributed by atoms with van der Waals surface area (Å²) in [5, 5.41) is 10.1. The van der Waals surface area contributed by atoms with Gasteiger partial charge in [-0.3, -0.25) is 13.9 Å². The zero-order valence-corrected chi connectivity index (χ0v) is 19.7. The molecule has 33 heavy (non-hydrogen) atoms. The fourth-order valence-corrected chi connectivity index (χ4v) is 4.20. The van der Waals surface area contributed by atoms with E-state index in [0.29, 0.717) is 41.4 Å². The maximum absolute atomic E-state index is 13.4. The molecule has 0 unspecified atom stereocenters. The van der Waals surface area contributed by atoms with Crippen LogP contribution in [0.1, 0.15) is 66.2 Å². The normalized spacial score (nSPS) is 11.3. The summed E-state index contributed by atoms with van der Waals surface area (Å²) in [6, 6.07) is 14.7. The molecule has 0 aliphatic carbocycles. The lowest BCUT2D eigenvalue weighted by atomic mass is 9.95. The zero-order chi connectivity index (χ0) is 24.1. The van der Waals surface area contributed by atoms with E-state index >= 15 is 0 Å². The number of hydrogen-bond donors (Lipinski definition) is 1. The van der Waals surface area contributed by atoms with Crippen LogP contribution in [0.5, 0.6) is 0 Å². The summed E-state index contributed by atoms with van der Waals surface area (Å²) in [6.45, 7) is 8.72. The quantitative estimate of drug-likeness (QED) is 0.437. The molecule has 0 saturated carbocycles. The Morgan fingerprint density at radius 2 is 1.67 bits per heavy atom. The number of aromatic carboxylic acids is 1. The van der Waals surface area contributed by atoms with Crippen LogP contribution in [-0.2, 0) is 19.5 Å². The number of hydrogen-bond acceptors (Lipinski definition) is 3. The Morgan fingerprint density at radius 3 is 2.24 bits per heavy atom. The van der Waals surface area contributed by atoms with E-state index in [0.717, 1.165) is 18.3 Å². The van der Waals surface area contributed by atoms with Crippen molar-refractivity contribution in [1.29, 1.82) is 0 Å². The van der Waals surface area contributed by atoms with Gasteiger partial charge in [-0.15, -0.1) is 0 Å². The van der Waals surface area contributed by atoms with Gasteiger partial charge in [-0.25, -0.2) is 9.59 Å². The number of benzene rings is 2. The molecule has 1 heterocycles. The monoisotopic (exact) mass is 448 g/mol. The van der Waals surface area contributed by atoms with Gasteiger partial charge in [0, 0.05) is 6.54 Å². The van der Waals surface area contributed by atoms with E-state index in [2.05, 4.69) is 13.8 Å². The molecule has 174 valence electrons. The number of carboxylic acid groups (broad SMARTS) is 1. The molecule has 3 aromatic rings. The Hall–Kier alpha value is -3.41. The summed E-state index contributed by atoms with van der Waals surface area (Å²) >= 11 is 0. The average Bonchev–Trinajstić information content (AvgIpc) is 3.02. The first kappa shape index (κ1) is 24.2. The topological polar surface area (TPSA) is 81.3 Å². The minimum absolute atomic E-state index is 0.0977. The van der Waals surface area contributed by atoms with E-state index in [9.17, 15) is 19.5 Å². The molecule has 0 spiro atoms. The summed E-state index contributed by atoms with van der Waals surface area (Å²) in [5.74, 6) is -0.456. The SMILES string of the molecule is CC(C)CCc1c(C=O)n(CC(C)C)c(=O)n1Cc1cccc(-c2ccccc2)c1C(=O)O. The highest BCUT2D eigenvalue weighted by atomic mass is 16.4. The van der Waals surface area contributed by atoms with E-state index in [4.69, 9.17) is 0 Å². The molecule has 1 N–H and O–H groups in total. The lowest BCUT2D eigenvalue weighted by Crippen LogP contribution is -2.28. The van der Waals surface area contributed by atoms with E-state index in [1.54, 1.807) is 16.7 Å². The standard InChI is InChI=1S/C27H32N2O4/c1-18(2)13-14-23-24(17-30)28(15-19(3)4)27(33)29(23)16-21-11-8-12-22(25(21)26(31)32)20-9-6-5-7-10-20/h5-12,17-19H,13-16H2,1-4H3,(H,31,32). The molecule has 0 radical (unpaired) electrons. The number of carboxylic acids is 1. The van der Waals surface area contributed by atoms with Crippen LogP contribution < -0.4 is 5.69 Å². The number of carbonyl (C=O) groups excluding carboxylic acids is 1. The van der Waals surface area contributed by atoms with E-state index in [1.807, 2.05) is 50.2 Å². The molecule has 0 aliphatic rings. The van der Waals surface area contributed by atoms with Crippen molar-refractivity contribution in [3.05, 3.63) is 81.5 Å². The van der Waals surface area contributed by atoms with Crippen molar-refractivity contribution in [1.82, 2.24) is 9.13 Å². The second kappa shape index (κ2) is 10.5. The highest BCUT2D eigenvalue weighted by molar-refractivity contribution is 5.97. The van der Waals surface area contributed by atoms with E-state index in [-0.39, 0.29) is 23.7 Å². The molecule has 0 amide bonds. The highest BCUT2D eigenvalue weighted by Gasteiger charge is 2.23. The summed E-state index contributed by atoms with van der Waals surface area (Å²) in [7, 11) is 0. The van der Waals surface area contributed by atoms with Gasteiger partial charge in [-0.2, -0.15) is 0 Å². The molecule has 1 aromatic heterocycles. The smallest absolute Gasteiger partial charge is 0.336 e. The van der Waals surface area contributed by atoms with Gasteiger partial charge >= 0.3 is 11.7 Å². The molecule has 0 saturated heterocycles. The number of rotatable bonds is 10. The van der Waals surface area contributed by atoms with Crippen molar-refractivity contribution in [3.63, 3.8) is 0 Å². The fourth-order valence-electron chi connectivity index (χ4n) is 4.20. The fraction of sp³-hybridized carbons (Fsp3) is 0.370. The maximum Gasteiger partial charge on any atom is 0.336 e. The number of nitrogens with zero attached hydrogens (tertiary/aromatic N) is 2. The van der Waals surface area contributed by atoms with Crippen LogP contribution in [0.15, 0.2) is 53.3 Å². The van der Waals surface area contributed by atoms with Crippen LogP contribution in [0.2, 0.25) is 0 Å². The number of carbonyl (C=O) groups is 2. The van der Waals surface area contributed by atoms with Gasteiger partial charge in [-0.1, -0.05) is 76.2 Å². The minimum Gasteiger partial charge on any atom is -0.478 e. The Balaban J connectivity index is 2.18. The zero-order valence-electron chi connectivity index (χ0n) is 19.7. The van der Waals surface area contributed by atoms with Gasteiger partial charge in [0.05, 0.1) is 17.8 Å². The Morgan fingerprint density at radius 1 is 0.970 bits per heavy atom. The molecule has 0 aliphatic heterocycles. The van der Waals surface area contributed by atoms with E-state index < -0.39 is 5.97 Å². The highest BCUT2D eigenvalue weighted by Crippen LogP contribution is 2.27. The van der Waals surface area contributed by atoms with Crippen LogP contribution in [0.4, 0.5) is 0 Å². The van der Waals surface area contributed by atoms with Crippen LogP contribution in [0, 0.1) is 11.8 Å². The summed E-state index contributed by atoms with van der Waals surface area (Å²) in [4.78, 5) is 37.8. The number of aromatic nitrogens is 2. The molecule has 6 nitrogen and oxygen atoms in total. The third-order valence-electron chi connectivity index (χ3n) is 5.77. The van der Waals surface area contributed by atoms with Gasteiger partial charge in [0.1, 0.15) is 5.69 Å². The largest absolute Gasteiger partial charge is 0.478 e. The number of aldehydes is 1. The lowest BCUT2D eigenvalue weighted by molar-refractivity contribution is 0.0696. The van der Waals surface area contributed by atoms with Crippen molar-refractivity contribution < 1.29 is 14.7 Å². The maximum atomic E-state index is 13.4. The summed E-state index contributed by atoms with van der Waals surface area (Å²) in [6.07, 6.45) is 2.16. The van der Waals surface area contributed by atoms with E-state index in [1.165, 1.54) is 4.57 Å². The molecular weight excluding hydrogens is 416 g/mol. The van der Waals surface area contributed by atoms with Crippen molar-refractivity contribution >= 4 is 12.3 Å². The molecule has 0 atom stereocenters. The third-order valence-corrected chi connectivity index (χ3v) is 5.77. The van der Waals surface area contributed by atoms with Crippen LogP contribution in [-0.4, -0.2) is 26.5 Å². The average molecular weight is 449 g/mol. The lowest BCUT2D eigenvalue weighted by Gasteiger charge is -2.14. The predicted molar refractivity (Wildman–Crippen MR) is 130 cm³/mol. The molecular formula is C27H32N2O4. The molecule has 6 heteroatoms. The van der Waals surface area contributed by atoms with Gasteiger partial charge in [0.25, 0.3) is 0 Å². The first-order valence-corrected chi connectivity index (χ1v) is 11.4. The first-order valence-electron chi connectivity index (χ1n) is 11.4. The van der Waals surface area contributed by atoms with Gasteiger partial charge in [-0.05, 0) is 41.4 Å². The Kier molecular flexibility index (Phi) is 7.69. The summed E-state index contributed by atoms with van der Waals surface area (Å²) in [5.41, 5.74) is 2.91. The minimum atomic E-state index is -1.04. The van der Waals surface area contributed by atoms with Gasteiger partial charge < -0.3 is 5.11 Å². The van der Waals surface area contributed by atoms with Crippen molar-refractivity contribution in [2.45, 2.75) is 53.6 Å². The van der Waals surface area contributed by atoms with Crippen LogP contribution >= 0.6 is 0 Å². The first-order chi connectivity index (χ1) is 15.7. The van der Waals surface area contributed by atoms with Crippen LogP contribution in [0.3, 0.4) is 0 Å². The van der Waals surface area contributed by atoms with Crippen LogP contribution in [0.25, 0.3) is 11.1 Å². The van der Waals surface area contributed by atoms with Crippen molar-refractivity contribution in [2.75, 3.05) is 0 Å². The Bertz CT molecular complexity index is 1190. The molecule has 2 aromatic carbocycles. The summed E-state index contributed by atoms with van der Waals surface area (Å²) < 4.78 is 3.12. The molecule has 3 rings (SSSR count). The Labute approximate surface area is 194 Å². The number of imidazole rings is 1. The van der Waals surface area contributed by atoms with Gasteiger partial charge in [0.2, 0.25) is 0 Å². The van der Waals surface area contributed by atoms with Crippen molar-refractivity contribution in [3.8, 4) is 11.1 Å². The second-order valence-electron chi connectivity index (χ2n) is 9.27. The molecule has 0 fully saturated rings. The third kappa shape index (κ3) is 5.33. The van der Waals surface area contributed by atoms with Crippen molar-refractivity contribution in [2.24, 2.45) is 11.8 Å². The second-order valence-corrected chi connectivity index (χ2v) is 9.27.